The van der Waals surface area contributed by atoms with Gasteiger partial charge in [-0.05, 0) is 5.92 Å². The predicted octanol–water partition coefficient (Wildman–Crippen LogP) is 0.848. The van der Waals surface area contributed by atoms with Gasteiger partial charge < -0.3 is 4.74 Å². The molecule has 1 atom stereocenters. The van der Waals surface area contributed by atoms with E-state index in [0.717, 1.165) is 11.6 Å². The SMILES string of the molecule is CC(C)COC(=O)C1CSCN1. The summed E-state index contributed by atoms with van der Waals surface area (Å²) in [5.74, 6) is 2.02. The van der Waals surface area contributed by atoms with Gasteiger partial charge in [0.1, 0.15) is 6.04 Å². The molecule has 0 bridgehead atoms. The Bertz CT molecular complexity index is 155. The van der Waals surface area contributed by atoms with Crippen molar-refractivity contribution in [3.8, 4) is 0 Å². The third-order valence-corrected chi connectivity index (χ3v) is 2.50. The van der Waals surface area contributed by atoms with Crippen molar-refractivity contribution in [2.75, 3.05) is 18.2 Å². The molecular weight excluding hydrogens is 174 g/mol. The molecule has 70 valence electrons. The van der Waals surface area contributed by atoms with Crippen LogP contribution in [-0.4, -0.2) is 30.2 Å². The van der Waals surface area contributed by atoms with Gasteiger partial charge in [-0.2, -0.15) is 0 Å². The van der Waals surface area contributed by atoms with E-state index in [1.165, 1.54) is 0 Å². The zero-order valence-corrected chi connectivity index (χ0v) is 8.32. The first-order valence-corrected chi connectivity index (χ1v) is 5.33. The summed E-state index contributed by atoms with van der Waals surface area (Å²) < 4.78 is 5.07. The van der Waals surface area contributed by atoms with Gasteiger partial charge in [0.25, 0.3) is 0 Å². The topological polar surface area (TPSA) is 38.3 Å². The van der Waals surface area contributed by atoms with E-state index in [9.17, 15) is 4.79 Å². The van der Waals surface area contributed by atoms with Gasteiger partial charge in [-0.15, -0.1) is 11.8 Å². The van der Waals surface area contributed by atoms with Crippen molar-refractivity contribution in [3.63, 3.8) is 0 Å². The summed E-state index contributed by atoms with van der Waals surface area (Å²) in [4.78, 5) is 11.3. The number of hydrogen-bond acceptors (Lipinski definition) is 4. The largest absolute Gasteiger partial charge is 0.464 e. The number of rotatable bonds is 3. The fraction of sp³-hybridized carbons (Fsp3) is 0.875. The fourth-order valence-electron chi connectivity index (χ4n) is 0.896. The summed E-state index contributed by atoms with van der Waals surface area (Å²) in [5.41, 5.74) is 0. The van der Waals surface area contributed by atoms with Crippen molar-refractivity contribution in [2.45, 2.75) is 19.9 Å². The molecule has 1 heterocycles. The third kappa shape index (κ3) is 3.03. The first kappa shape index (κ1) is 9.86. The van der Waals surface area contributed by atoms with Crippen LogP contribution in [0.2, 0.25) is 0 Å². The number of ether oxygens (including phenoxy) is 1. The Balaban J connectivity index is 2.18. The van der Waals surface area contributed by atoms with Gasteiger partial charge in [-0.3, -0.25) is 10.1 Å². The molecule has 4 heteroatoms. The van der Waals surface area contributed by atoms with Crippen LogP contribution in [0.4, 0.5) is 0 Å². The van der Waals surface area contributed by atoms with Crippen molar-refractivity contribution in [1.29, 1.82) is 0 Å². The molecule has 1 aliphatic heterocycles. The maximum atomic E-state index is 11.3. The molecule has 0 amide bonds. The maximum absolute atomic E-state index is 11.3. The molecule has 0 radical (unpaired) electrons. The highest BCUT2D eigenvalue weighted by Crippen LogP contribution is 2.10. The van der Waals surface area contributed by atoms with Crippen LogP contribution in [0.15, 0.2) is 0 Å². The second-order valence-corrected chi connectivity index (χ2v) is 4.33. The number of esters is 1. The molecule has 1 N–H and O–H groups in total. The molecule has 0 aromatic heterocycles. The normalized spacial score (nSPS) is 23.1. The van der Waals surface area contributed by atoms with Crippen LogP contribution in [0, 0.1) is 5.92 Å². The molecule has 0 aromatic carbocycles. The Labute approximate surface area is 77.2 Å². The van der Waals surface area contributed by atoms with E-state index in [0.29, 0.717) is 12.5 Å². The van der Waals surface area contributed by atoms with Crippen molar-refractivity contribution in [3.05, 3.63) is 0 Å². The molecule has 1 aliphatic rings. The summed E-state index contributed by atoms with van der Waals surface area (Å²) in [5, 5.41) is 3.07. The van der Waals surface area contributed by atoms with E-state index >= 15 is 0 Å². The fourth-order valence-corrected chi connectivity index (χ4v) is 1.82. The van der Waals surface area contributed by atoms with Gasteiger partial charge >= 0.3 is 5.97 Å². The lowest BCUT2D eigenvalue weighted by Gasteiger charge is -2.10. The first-order chi connectivity index (χ1) is 5.70. The Morgan fingerprint density at radius 1 is 1.75 bits per heavy atom. The minimum atomic E-state index is -0.103. The van der Waals surface area contributed by atoms with E-state index < -0.39 is 0 Å². The average Bonchev–Trinajstić information content (AvgIpc) is 2.51. The monoisotopic (exact) mass is 189 g/mol. The molecule has 1 rings (SSSR count). The van der Waals surface area contributed by atoms with Crippen molar-refractivity contribution >= 4 is 17.7 Å². The lowest BCUT2D eigenvalue weighted by molar-refractivity contribution is -0.146. The summed E-state index contributed by atoms with van der Waals surface area (Å²) in [7, 11) is 0. The van der Waals surface area contributed by atoms with Gasteiger partial charge in [-0.1, -0.05) is 13.8 Å². The van der Waals surface area contributed by atoms with Crippen molar-refractivity contribution in [1.82, 2.24) is 5.32 Å². The van der Waals surface area contributed by atoms with Gasteiger partial charge in [0, 0.05) is 11.6 Å². The summed E-state index contributed by atoms with van der Waals surface area (Å²) >= 11 is 1.73. The van der Waals surface area contributed by atoms with E-state index in [2.05, 4.69) is 5.32 Å². The van der Waals surface area contributed by atoms with Gasteiger partial charge in [-0.25, -0.2) is 0 Å². The Morgan fingerprint density at radius 2 is 2.50 bits per heavy atom. The molecule has 1 saturated heterocycles. The smallest absolute Gasteiger partial charge is 0.324 e. The maximum Gasteiger partial charge on any atom is 0.324 e. The third-order valence-electron chi connectivity index (χ3n) is 1.56. The highest BCUT2D eigenvalue weighted by Gasteiger charge is 2.23. The molecule has 1 fully saturated rings. The highest BCUT2D eigenvalue weighted by molar-refractivity contribution is 7.99. The Hall–Kier alpha value is -0.220. The first-order valence-electron chi connectivity index (χ1n) is 4.18. The van der Waals surface area contributed by atoms with Gasteiger partial charge in [0.2, 0.25) is 0 Å². The van der Waals surface area contributed by atoms with Crippen LogP contribution in [0.3, 0.4) is 0 Å². The predicted molar refractivity (Wildman–Crippen MR) is 50.0 cm³/mol. The van der Waals surface area contributed by atoms with Crippen LogP contribution >= 0.6 is 11.8 Å². The van der Waals surface area contributed by atoms with Crippen LogP contribution < -0.4 is 5.32 Å². The standard InChI is InChI=1S/C8H15NO2S/c1-6(2)3-11-8(10)7-4-12-5-9-7/h6-7,9H,3-5H2,1-2H3. The van der Waals surface area contributed by atoms with Crippen molar-refractivity contribution < 1.29 is 9.53 Å². The molecule has 0 aromatic rings. The molecule has 1 unspecified atom stereocenters. The Morgan fingerprint density at radius 3 is 3.00 bits per heavy atom. The molecule has 0 spiro atoms. The average molecular weight is 189 g/mol. The number of carbonyl (C=O) groups excluding carboxylic acids is 1. The number of thioether (sulfide) groups is 1. The second kappa shape index (κ2) is 4.72. The molecular formula is C8H15NO2S. The second-order valence-electron chi connectivity index (χ2n) is 3.30. The van der Waals surface area contributed by atoms with Crippen LogP contribution in [0.1, 0.15) is 13.8 Å². The number of carbonyl (C=O) groups is 1. The molecule has 12 heavy (non-hydrogen) atoms. The molecule has 0 saturated carbocycles. The van der Waals surface area contributed by atoms with Crippen LogP contribution in [-0.2, 0) is 9.53 Å². The molecule has 0 aliphatic carbocycles. The number of hydrogen-bond donors (Lipinski definition) is 1. The summed E-state index contributed by atoms with van der Waals surface area (Å²) in [6, 6.07) is -0.0752. The lowest BCUT2D eigenvalue weighted by Crippen LogP contribution is -2.35. The summed E-state index contributed by atoms with van der Waals surface area (Å²) in [6.07, 6.45) is 0. The zero-order chi connectivity index (χ0) is 8.97. The van der Waals surface area contributed by atoms with E-state index in [1.54, 1.807) is 11.8 Å². The zero-order valence-electron chi connectivity index (χ0n) is 7.50. The van der Waals surface area contributed by atoms with Crippen LogP contribution in [0.25, 0.3) is 0 Å². The quantitative estimate of drug-likeness (QED) is 0.668. The minimum Gasteiger partial charge on any atom is -0.464 e. The lowest BCUT2D eigenvalue weighted by atomic mass is 10.2. The highest BCUT2D eigenvalue weighted by atomic mass is 32.2. The minimum absolute atomic E-state index is 0.0752. The van der Waals surface area contributed by atoms with Gasteiger partial charge in [0.15, 0.2) is 0 Å². The molecule has 3 nitrogen and oxygen atoms in total. The van der Waals surface area contributed by atoms with E-state index in [4.69, 9.17) is 4.74 Å². The van der Waals surface area contributed by atoms with Gasteiger partial charge in [0.05, 0.1) is 6.61 Å². The Kier molecular flexibility index (Phi) is 3.88. The van der Waals surface area contributed by atoms with Crippen molar-refractivity contribution in [2.24, 2.45) is 5.92 Å². The summed E-state index contributed by atoms with van der Waals surface area (Å²) in [6.45, 7) is 4.59. The van der Waals surface area contributed by atoms with E-state index in [-0.39, 0.29) is 12.0 Å². The van der Waals surface area contributed by atoms with Crippen LogP contribution in [0.5, 0.6) is 0 Å². The van der Waals surface area contributed by atoms with E-state index in [1.807, 2.05) is 13.8 Å². The number of nitrogens with one attached hydrogen (secondary N) is 1.